The van der Waals surface area contributed by atoms with Crippen LogP contribution in [0.1, 0.15) is 15.9 Å². The maximum Gasteiger partial charge on any atom is 0.339 e. The van der Waals surface area contributed by atoms with Crippen molar-refractivity contribution >= 4 is 23.3 Å². The van der Waals surface area contributed by atoms with Gasteiger partial charge in [0.05, 0.1) is 16.2 Å². The van der Waals surface area contributed by atoms with Crippen molar-refractivity contribution in [2.45, 2.75) is 12.5 Å². The molecule has 1 unspecified atom stereocenters. The second-order valence-corrected chi connectivity index (χ2v) is 5.17. The first-order valence-corrected chi connectivity index (χ1v) is 6.99. The van der Waals surface area contributed by atoms with Crippen LogP contribution in [0.15, 0.2) is 42.5 Å². The fourth-order valence-electron chi connectivity index (χ4n) is 2.41. The summed E-state index contributed by atoms with van der Waals surface area (Å²) in [5.41, 5.74) is 0.318. The molecule has 2 aromatic carbocycles. The second-order valence-electron chi connectivity index (χ2n) is 5.17. The van der Waals surface area contributed by atoms with Crippen LogP contribution >= 0.6 is 0 Å². The number of nitrogens with zero attached hydrogens (tertiary/aromatic N) is 1. The highest BCUT2D eigenvalue weighted by Gasteiger charge is 2.31. The number of non-ortho nitro benzene ring substituents is 1. The Bertz CT molecular complexity index is 852. The number of amides is 1. The van der Waals surface area contributed by atoms with E-state index in [0.29, 0.717) is 11.1 Å². The normalized spacial score (nSPS) is 16.0. The predicted molar refractivity (Wildman–Crippen MR) is 81.0 cm³/mol. The lowest BCUT2D eigenvalue weighted by Crippen LogP contribution is -2.38. The summed E-state index contributed by atoms with van der Waals surface area (Å²) in [6.07, 6.45) is -0.990. The summed E-state index contributed by atoms with van der Waals surface area (Å²) < 4.78 is 18.8. The van der Waals surface area contributed by atoms with Crippen LogP contribution < -0.4 is 5.32 Å². The number of hydrogen-bond acceptors (Lipinski definition) is 5. The van der Waals surface area contributed by atoms with Crippen molar-refractivity contribution in [2.24, 2.45) is 0 Å². The fraction of sp³-hybridized carbons (Fsp3) is 0.125. The maximum atomic E-state index is 13.7. The molecule has 0 fully saturated rings. The Labute approximate surface area is 135 Å². The van der Waals surface area contributed by atoms with Crippen LogP contribution in [-0.2, 0) is 16.0 Å². The monoisotopic (exact) mass is 330 g/mol. The number of anilines is 1. The lowest BCUT2D eigenvalue weighted by Gasteiger charge is -2.23. The van der Waals surface area contributed by atoms with Gasteiger partial charge in [0, 0.05) is 18.6 Å². The van der Waals surface area contributed by atoms with Gasteiger partial charge in [-0.3, -0.25) is 14.9 Å². The molecule has 0 aromatic heterocycles. The van der Waals surface area contributed by atoms with Crippen LogP contribution in [0.4, 0.5) is 15.8 Å². The standard InChI is InChI=1S/C16H11FN2O5/c17-12-6-5-10(19(22)23)8-13(12)18-15(20)14-7-9-3-1-2-4-11(9)16(21)24-14/h1-6,8,14H,7H2,(H,18,20). The summed E-state index contributed by atoms with van der Waals surface area (Å²) in [4.78, 5) is 34.2. The van der Waals surface area contributed by atoms with E-state index in [-0.39, 0.29) is 17.8 Å². The number of carbonyl (C=O) groups excluding carboxylic acids is 2. The Kier molecular flexibility index (Phi) is 3.95. The largest absolute Gasteiger partial charge is 0.448 e. The zero-order valence-electron chi connectivity index (χ0n) is 12.2. The Morgan fingerprint density at radius 2 is 2.04 bits per heavy atom. The van der Waals surface area contributed by atoms with E-state index in [1.54, 1.807) is 24.3 Å². The quantitative estimate of drug-likeness (QED) is 0.529. The van der Waals surface area contributed by atoms with Crippen LogP contribution in [0.2, 0.25) is 0 Å². The van der Waals surface area contributed by atoms with Gasteiger partial charge in [0.2, 0.25) is 0 Å². The van der Waals surface area contributed by atoms with Crippen LogP contribution in [-0.4, -0.2) is 22.9 Å². The lowest BCUT2D eigenvalue weighted by molar-refractivity contribution is -0.384. The minimum absolute atomic E-state index is 0.143. The van der Waals surface area contributed by atoms with Gasteiger partial charge < -0.3 is 10.1 Å². The minimum atomic E-state index is -1.13. The van der Waals surface area contributed by atoms with Gasteiger partial charge in [-0.25, -0.2) is 9.18 Å². The molecule has 0 spiro atoms. The van der Waals surface area contributed by atoms with Crippen LogP contribution in [0.25, 0.3) is 0 Å². The SMILES string of the molecule is O=C1OC(C(=O)Nc2cc([N+](=O)[O-])ccc2F)Cc2ccccc21. The number of carbonyl (C=O) groups is 2. The zero-order valence-corrected chi connectivity index (χ0v) is 12.2. The first-order chi connectivity index (χ1) is 11.5. The maximum absolute atomic E-state index is 13.7. The number of fused-ring (bicyclic) bond motifs is 1. The van der Waals surface area contributed by atoms with Crippen molar-refractivity contribution in [3.8, 4) is 0 Å². The van der Waals surface area contributed by atoms with Gasteiger partial charge in [0.1, 0.15) is 5.82 Å². The van der Waals surface area contributed by atoms with E-state index in [9.17, 15) is 24.1 Å². The first kappa shape index (κ1) is 15.6. The number of esters is 1. The van der Waals surface area contributed by atoms with E-state index in [0.717, 1.165) is 18.2 Å². The summed E-state index contributed by atoms with van der Waals surface area (Å²) >= 11 is 0. The number of cyclic esters (lactones) is 1. The number of halogens is 1. The molecular weight excluding hydrogens is 319 g/mol. The second kappa shape index (κ2) is 6.07. The molecule has 1 N–H and O–H groups in total. The molecule has 1 heterocycles. The number of hydrogen-bond donors (Lipinski definition) is 1. The molecule has 7 nitrogen and oxygen atoms in total. The predicted octanol–water partition coefficient (Wildman–Crippen LogP) is 2.45. The number of rotatable bonds is 3. The Morgan fingerprint density at radius 3 is 2.79 bits per heavy atom. The average Bonchev–Trinajstić information content (AvgIpc) is 2.56. The summed E-state index contributed by atoms with van der Waals surface area (Å²) in [6, 6.07) is 9.48. The first-order valence-electron chi connectivity index (χ1n) is 6.99. The highest BCUT2D eigenvalue weighted by Crippen LogP contribution is 2.24. The molecule has 24 heavy (non-hydrogen) atoms. The Balaban J connectivity index is 1.80. The van der Waals surface area contributed by atoms with Gasteiger partial charge in [0.15, 0.2) is 6.10 Å². The molecule has 122 valence electrons. The average molecular weight is 330 g/mol. The van der Waals surface area contributed by atoms with Gasteiger partial charge >= 0.3 is 5.97 Å². The summed E-state index contributed by atoms with van der Waals surface area (Å²) in [5, 5.41) is 13.0. The molecule has 2 aromatic rings. The van der Waals surface area contributed by atoms with Crippen molar-refractivity contribution < 1.29 is 23.6 Å². The van der Waals surface area contributed by atoms with Crippen molar-refractivity contribution in [2.75, 3.05) is 5.32 Å². The fourth-order valence-corrected chi connectivity index (χ4v) is 2.41. The summed E-state index contributed by atoms with van der Waals surface area (Å²) in [6.45, 7) is 0. The molecule has 0 bridgehead atoms. The molecular formula is C16H11FN2O5. The number of ether oxygens (including phenoxy) is 1. The molecule has 3 rings (SSSR count). The third kappa shape index (κ3) is 2.94. The molecule has 0 saturated carbocycles. The molecule has 0 radical (unpaired) electrons. The Hall–Kier alpha value is -3.29. The summed E-state index contributed by atoms with van der Waals surface area (Å²) in [7, 11) is 0. The highest BCUT2D eigenvalue weighted by atomic mass is 19.1. The molecule has 0 aliphatic carbocycles. The van der Waals surface area contributed by atoms with E-state index in [1.807, 2.05) is 0 Å². The van der Waals surface area contributed by atoms with Crippen molar-refractivity contribution in [3.63, 3.8) is 0 Å². The van der Waals surface area contributed by atoms with Gasteiger partial charge in [-0.2, -0.15) is 0 Å². The molecule has 1 amide bonds. The van der Waals surface area contributed by atoms with Gasteiger partial charge in [-0.05, 0) is 17.7 Å². The van der Waals surface area contributed by atoms with E-state index < -0.39 is 28.7 Å². The van der Waals surface area contributed by atoms with Crippen molar-refractivity contribution in [3.05, 3.63) is 69.5 Å². The van der Waals surface area contributed by atoms with Crippen molar-refractivity contribution in [1.29, 1.82) is 0 Å². The van der Waals surface area contributed by atoms with Crippen LogP contribution in [0, 0.1) is 15.9 Å². The third-order valence-electron chi connectivity index (χ3n) is 3.60. The minimum Gasteiger partial charge on any atom is -0.448 e. The topological polar surface area (TPSA) is 98.5 Å². The van der Waals surface area contributed by atoms with Gasteiger partial charge in [-0.15, -0.1) is 0 Å². The molecule has 1 aliphatic rings. The smallest absolute Gasteiger partial charge is 0.339 e. The van der Waals surface area contributed by atoms with Gasteiger partial charge in [-0.1, -0.05) is 18.2 Å². The lowest BCUT2D eigenvalue weighted by atomic mass is 9.98. The van der Waals surface area contributed by atoms with E-state index in [1.165, 1.54) is 0 Å². The molecule has 8 heteroatoms. The number of nitrogens with one attached hydrogen (secondary N) is 1. The van der Waals surface area contributed by atoms with Crippen molar-refractivity contribution in [1.82, 2.24) is 0 Å². The highest BCUT2D eigenvalue weighted by molar-refractivity contribution is 6.00. The van der Waals surface area contributed by atoms with Crippen LogP contribution in [0.5, 0.6) is 0 Å². The van der Waals surface area contributed by atoms with E-state index >= 15 is 0 Å². The number of benzene rings is 2. The molecule has 0 saturated heterocycles. The summed E-state index contributed by atoms with van der Waals surface area (Å²) in [5.74, 6) is -2.22. The third-order valence-corrected chi connectivity index (χ3v) is 3.60. The Morgan fingerprint density at radius 1 is 1.29 bits per heavy atom. The zero-order chi connectivity index (χ0) is 17.3. The van der Waals surface area contributed by atoms with Crippen LogP contribution in [0.3, 0.4) is 0 Å². The van der Waals surface area contributed by atoms with E-state index in [2.05, 4.69) is 5.32 Å². The molecule has 1 atom stereocenters. The number of nitro groups is 1. The van der Waals surface area contributed by atoms with E-state index in [4.69, 9.17) is 4.74 Å². The number of nitro benzene ring substituents is 1. The molecule has 1 aliphatic heterocycles. The van der Waals surface area contributed by atoms with Gasteiger partial charge in [0.25, 0.3) is 11.6 Å².